The first-order chi connectivity index (χ1) is 8.20. The number of aromatic nitrogens is 2. The number of benzene rings is 1. The highest BCUT2D eigenvalue weighted by Crippen LogP contribution is 2.21. The molecule has 1 heterocycles. The van der Waals surface area contributed by atoms with E-state index in [0.29, 0.717) is 5.56 Å². The molecule has 4 heteroatoms. The molecule has 2 rings (SSSR count). The molecule has 2 N–H and O–H groups in total. The van der Waals surface area contributed by atoms with Crippen LogP contribution in [0.2, 0.25) is 0 Å². The average Bonchev–Trinajstić information content (AvgIpc) is 2.85. The van der Waals surface area contributed by atoms with Crippen LogP contribution in [-0.4, -0.2) is 9.97 Å². The molecule has 2 aromatic rings. The average molecular weight is 226 g/mol. The Kier molecular flexibility index (Phi) is 3.10. The van der Waals surface area contributed by atoms with E-state index in [4.69, 9.17) is 5.26 Å². The summed E-state index contributed by atoms with van der Waals surface area (Å²) in [6.45, 7) is 3.97. The number of aromatic amines is 1. The molecular formula is C13H14N4. The maximum absolute atomic E-state index is 9.07. The number of hydrogen-bond acceptors (Lipinski definition) is 3. The number of hydrogen-bond donors (Lipinski definition) is 2. The first-order valence-electron chi connectivity index (χ1n) is 5.47. The summed E-state index contributed by atoms with van der Waals surface area (Å²) in [4.78, 5) is 7.23. The van der Waals surface area contributed by atoms with E-state index < -0.39 is 0 Å². The second kappa shape index (κ2) is 4.71. The van der Waals surface area contributed by atoms with Gasteiger partial charge in [0.2, 0.25) is 0 Å². The van der Waals surface area contributed by atoms with Crippen molar-refractivity contribution < 1.29 is 0 Å². The normalized spacial score (nSPS) is 11.8. The van der Waals surface area contributed by atoms with Gasteiger partial charge in [-0.05, 0) is 31.5 Å². The molecule has 1 unspecified atom stereocenters. The summed E-state index contributed by atoms with van der Waals surface area (Å²) in [5.74, 6) is 0.856. The van der Waals surface area contributed by atoms with Crippen LogP contribution in [-0.2, 0) is 0 Å². The molecule has 0 radical (unpaired) electrons. The summed E-state index contributed by atoms with van der Waals surface area (Å²) < 4.78 is 0. The molecule has 1 aromatic heterocycles. The summed E-state index contributed by atoms with van der Waals surface area (Å²) in [5, 5.41) is 12.3. The van der Waals surface area contributed by atoms with Crippen LogP contribution >= 0.6 is 0 Å². The van der Waals surface area contributed by atoms with Crippen LogP contribution in [0.15, 0.2) is 30.6 Å². The Morgan fingerprint density at radius 2 is 2.29 bits per heavy atom. The Labute approximate surface area is 100 Å². The SMILES string of the molecule is Cc1ccc(NC(C)c2ncc[nH]2)c(C#N)c1. The monoisotopic (exact) mass is 226 g/mol. The third kappa shape index (κ3) is 2.45. The second-order valence-electron chi connectivity index (χ2n) is 4.00. The molecule has 0 saturated carbocycles. The van der Waals surface area contributed by atoms with Crippen molar-refractivity contribution in [2.45, 2.75) is 19.9 Å². The van der Waals surface area contributed by atoms with E-state index in [0.717, 1.165) is 17.1 Å². The minimum atomic E-state index is 0.0415. The third-order valence-electron chi connectivity index (χ3n) is 2.60. The van der Waals surface area contributed by atoms with Crippen molar-refractivity contribution in [2.75, 3.05) is 5.32 Å². The van der Waals surface area contributed by atoms with Crippen molar-refractivity contribution >= 4 is 5.69 Å². The third-order valence-corrected chi connectivity index (χ3v) is 2.60. The first-order valence-corrected chi connectivity index (χ1v) is 5.47. The Morgan fingerprint density at radius 1 is 1.47 bits per heavy atom. The summed E-state index contributed by atoms with van der Waals surface area (Å²) in [6, 6.07) is 8.02. The minimum Gasteiger partial charge on any atom is -0.374 e. The van der Waals surface area contributed by atoms with E-state index in [1.165, 1.54) is 0 Å². The van der Waals surface area contributed by atoms with Crippen molar-refractivity contribution in [2.24, 2.45) is 0 Å². The van der Waals surface area contributed by atoms with Crippen molar-refractivity contribution in [3.05, 3.63) is 47.5 Å². The highest BCUT2D eigenvalue weighted by atomic mass is 15.0. The van der Waals surface area contributed by atoms with E-state index in [1.54, 1.807) is 12.4 Å². The quantitative estimate of drug-likeness (QED) is 0.845. The molecule has 0 fully saturated rings. The fraction of sp³-hybridized carbons (Fsp3) is 0.231. The molecule has 0 aliphatic heterocycles. The van der Waals surface area contributed by atoms with Gasteiger partial charge in [-0.2, -0.15) is 5.26 Å². The predicted octanol–water partition coefficient (Wildman–Crippen LogP) is 2.76. The predicted molar refractivity (Wildman–Crippen MR) is 66.5 cm³/mol. The van der Waals surface area contributed by atoms with Gasteiger partial charge in [0.15, 0.2) is 0 Å². The molecule has 1 aromatic carbocycles. The van der Waals surface area contributed by atoms with Crippen molar-refractivity contribution in [1.29, 1.82) is 5.26 Å². The molecule has 0 bridgehead atoms. The highest BCUT2D eigenvalue weighted by Gasteiger charge is 2.09. The fourth-order valence-electron chi connectivity index (χ4n) is 1.69. The lowest BCUT2D eigenvalue weighted by Gasteiger charge is -2.14. The number of H-pyrrole nitrogens is 1. The molecule has 1 atom stereocenters. The maximum atomic E-state index is 9.07. The molecule has 4 nitrogen and oxygen atoms in total. The molecule has 0 aliphatic carbocycles. The van der Waals surface area contributed by atoms with Crippen molar-refractivity contribution in [1.82, 2.24) is 9.97 Å². The lowest BCUT2D eigenvalue weighted by atomic mass is 10.1. The molecule has 17 heavy (non-hydrogen) atoms. The summed E-state index contributed by atoms with van der Waals surface area (Å²) in [6.07, 6.45) is 3.50. The van der Waals surface area contributed by atoms with Crippen LogP contribution in [0, 0.1) is 18.3 Å². The zero-order valence-corrected chi connectivity index (χ0v) is 9.86. The van der Waals surface area contributed by atoms with Gasteiger partial charge in [-0.15, -0.1) is 0 Å². The molecule has 0 spiro atoms. The van der Waals surface area contributed by atoms with Crippen LogP contribution < -0.4 is 5.32 Å². The largest absolute Gasteiger partial charge is 0.374 e. The summed E-state index contributed by atoms with van der Waals surface area (Å²) in [5.41, 5.74) is 2.57. The molecule has 0 aliphatic rings. The highest BCUT2D eigenvalue weighted by molar-refractivity contribution is 5.59. The smallest absolute Gasteiger partial charge is 0.128 e. The maximum Gasteiger partial charge on any atom is 0.128 e. The van der Waals surface area contributed by atoms with Gasteiger partial charge in [0.05, 0.1) is 17.3 Å². The minimum absolute atomic E-state index is 0.0415. The Bertz CT molecular complexity index is 537. The van der Waals surface area contributed by atoms with E-state index in [-0.39, 0.29) is 6.04 Å². The number of anilines is 1. The molecule has 0 saturated heterocycles. The van der Waals surface area contributed by atoms with Crippen LogP contribution in [0.1, 0.15) is 29.9 Å². The Hall–Kier alpha value is -2.28. The molecular weight excluding hydrogens is 212 g/mol. The van der Waals surface area contributed by atoms with Crippen LogP contribution in [0.25, 0.3) is 0 Å². The van der Waals surface area contributed by atoms with Gasteiger partial charge in [0, 0.05) is 12.4 Å². The van der Waals surface area contributed by atoms with Gasteiger partial charge < -0.3 is 10.3 Å². The standard InChI is InChI=1S/C13H14N4/c1-9-3-4-12(11(7-9)8-14)17-10(2)13-15-5-6-16-13/h3-7,10,17H,1-2H3,(H,15,16). The fourth-order valence-corrected chi connectivity index (χ4v) is 1.69. The number of rotatable bonds is 3. The lowest BCUT2D eigenvalue weighted by molar-refractivity contribution is 0.809. The Balaban J connectivity index is 2.22. The van der Waals surface area contributed by atoms with Gasteiger partial charge in [-0.1, -0.05) is 6.07 Å². The number of nitrogens with zero attached hydrogens (tertiary/aromatic N) is 2. The molecule has 86 valence electrons. The van der Waals surface area contributed by atoms with Crippen LogP contribution in [0.5, 0.6) is 0 Å². The topological polar surface area (TPSA) is 64.5 Å². The number of nitrogens with one attached hydrogen (secondary N) is 2. The first kappa shape index (κ1) is 11.2. The summed E-state index contributed by atoms with van der Waals surface area (Å²) >= 11 is 0. The van der Waals surface area contributed by atoms with Gasteiger partial charge in [-0.3, -0.25) is 0 Å². The Morgan fingerprint density at radius 3 is 2.94 bits per heavy atom. The van der Waals surface area contributed by atoms with Crippen LogP contribution in [0.4, 0.5) is 5.69 Å². The lowest BCUT2D eigenvalue weighted by Crippen LogP contribution is -2.09. The van der Waals surface area contributed by atoms with Gasteiger partial charge in [-0.25, -0.2) is 4.98 Å². The van der Waals surface area contributed by atoms with Crippen molar-refractivity contribution in [3.63, 3.8) is 0 Å². The molecule has 0 amide bonds. The van der Waals surface area contributed by atoms with E-state index in [1.807, 2.05) is 32.0 Å². The van der Waals surface area contributed by atoms with E-state index in [2.05, 4.69) is 21.4 Å². The van der Waals surface area contributed by atoms with Gasteiger partial charge in [0.1, 0.15) is 11.9 Å². The van der Waals surface area contributed by atoms with Gasteiger partial charge in [0.25, 0.3) is 0 Å². The second-order valence-corrected chi connectivity index (χ2v) is 4.00. The zero-order valence-electron chi connectivity index (χ0n) is 9.86. The van der Waals surface area contributed by atoms with E-state index >= 15 is 0 Å². The number of aryl methyl sites for hydroxylation is 1. The van der Waals surface area contributed by atoms with Gasteiger partial charge >= 0.3 is 0 Å². The number of nitriles is 1. The zero-order chi connectivity index (χ0) is 12.3. The number of imidazole rings is 1. The van der Waals surface area contributed by atoms with Crippen LogP contribution in [0.3, 0.4) is 0 Å². The van der Waals surface area contributed by atoms with Crippen molar-refractivity contribution in [3.8, 4) is 6.07 Å². The van der Waals surface area contributed by atoms with E-state index in [9.17, 15) is 0 Å². The summed E-state index contributed by atoms with van der Waals surface area (Å²) in [7, 11) is 0.